The summed E-state index contributed by atoms with van der Waals surface area (Å²) in [6, 6.07) is 8.03. The molecule has 0 aliphatic heterocycles. The van der Waals surface area contributed by atoms with Gasteiger partial charge in [-0.15, -0.1) is 0 Å². The maximum atomic E-state index is 10.7. The molecule has 0 unspecified atom stereocenters. The average Bonchev–Trinajstić information content (AvgIpc) is 2.27. The minimum Gasteiger partial charge on any atom is -0.492 e. The third-order valence-electron chi connectivity index (χ3n) is 2.71. The van der Waals surface area contributed by atoms with Crippen LogP contribution in [0.25, 0.3) is 0 Å². The number of nitrogens with zero attached hydrogens (tertiary/aromatic N) is 1. The van der Waals surface area contributed by atoms with E-state index in [0.29, 0.717) is 13.2 Å². The van der Waals surface area contributed by atoms with Gasteiger partial charge in [-0.1, -0.05) is 12.1 Å². The number of benzene rings is 1. The highest BCUT2D eigenvalue weighted by Crippen LogP contribution is 2.12. The van der Waals surface area contributed by atoms with Crippen molar-refractivity contribution in [1.29, 1.82) is 0 Å². The molecule has 0 spiro atoms. The van der Waals surface area contributed by atoms with E-state index in [1.54, 1.807) is 0 Å². The van der Waals surface area contributed by atoms with Crippen LogP contribution in [0.1, 0.15) is 19.4 Å². The quantitative estimate of drug-likeness (QED) is 0.807. The van der Waals surface area contributed by atoms with Crippen LogP contribution in [0.15, 0.2) is 24.3 Å². The van der Waals surface area contributed by atoms with Crippen LogP contribution in [0.4, 0.5) is 0 Å². The van der Waals surface area contributed by atoms with Gasteiger partial charge >= 0.3 is 5.97 Å². The molecule has 0 saturated heterocycles. The lowest BCUT2D eigenvalue weighted by Crippen LogP contribution is -2.38. The zero-order valence-corrected chi connectivity index (χ0v) is 11.2. The van der Waals surface area contributed by atoms with Gasteiger partial charge in [-0.25, -0.2) is 0 Å². The summed E-state index contributed by atoms with van der Waals surface area (Å²) in [4.78, 5) is 12.6. The number of carboxylic acid groups (broad SMARTS) is 1. The van der Waals surface area contributed by atoms with Crippen LogP contribution in [0.2, 0.25) is 0 Å². The lowest BCUT2D eigenvalue weighted by Gasteiger charge is -2.24. The van der Waals surface area contributed by atoms with Crippen molar-refractivity contribution < 1.29 is 14.6 Å². The van der Waals surface area contributed by atoms with Gasteiger partial charge in [0.05, 0.1) is 6.54 Å². The standard InChI is InChI=1S/C14H21NO3/c1-11(2)15(10-14(16)17)7-8-18-13-6-4-5-12(3)9-13/h4-6,9,11H,7-8,10H2,1-3H3,(H,16,17). The maximum Gasteiger partial charge on any atom is 0.317 e. The number of carboxylic acids is 1. The summed E-state index contributed by atoms with van der Waals surface area (Å²) in [5.41, 5.74) is 1.15. The largest absolute Gasteiger partial charge is 0.492 e. The van der Waals surface area contributed by atoms with Crippen molar-refractivity contribution in [3.05, 3.63) is 29.8 Å². The Labute approximate surface area is 108 Å². The van der Waals surface area contributed by atoms with Gasteiger partial charge in [0, 0.05) is 12.6 Å². The molecule has 4 heteroatoms. The predicted octanol–water partition coefficient (Wildman–Crippen LogP) is 2.17. The second kappa shape index (κ2) is 7.01. The second-order valence-electron chi connectivity index (χ2n) is 4.62. The number of hydrogen-bond donors (Lipinski definition) is 1. The third-order valence-corrected chi connectivity index (χ3v) is 2.71. The molecule has 0 aliphatic rings. The number of rotatable bonds is 7. The average molecular weight is 251 g/mol. The summed E-state index contributed by atoms with van der Waals surface area (Å²) in [6.07, 6.45) is 0. The number of carbonyl (C=O) groups is 1. The molecule has 0 atom stereocenters. The molecule has 1 rings (SSSR count). The first-order valence-electron chi connectivity index (χ1n) is 6.14. The van der Waals surface area contributed by atoms with Crippen LogP contribution < -0.4 is 4.74 Å². The van der Waals surface area contributed by atoms with E-state index >= 15 is 0 Å². The lowest BCUT2D eigenvalue weighted by molar-refractivity contribution is -0.138. The van der Waals surface area contributed by atoms with Crippen LogP contribution >= 0.6 is 0 Å². The third kappa shape index (κ3) is 5.19. The fraction of sp³-hybridized carbons (Fsp3) is 0.500. The summed E-state index contributed by atoms with van der Waals surface area (Å²) >= 11 is 0. The normalized spacial score (nSPS) is 10.9. The molecule has 0 bridgehead atoms. The van der Waals surface area contributed by atoms with Gasteiger partial charge in [0.1, 0.15) is 12.4 Å². The Hall–Kier alpha value is -1.55. The zero-order valence-electron chi connectivity index (χ0n) is 11.2. The summed E-state index contributed by atoms with van der Waals surface area (Å²) in [6.45, 7) is 7.13. The maximum absolute atomic E-state index is 10.7. The Kier molecular flexibility index (Phi) is 5.65. The highest BCUT2D eigenvalue weighted by molar-refractivity contribution is 5.69. The van der Waals surface area contributed by atoms with Gasteiger partial charge < -0.3 is 9.84 Å². The SMILES string of the molecule is Cc1cccc(OCCN(CC(=O)O)C(C)C)c1. The first-order valence-corrected chi connectivity index (χ1v) is 6.14. The molecule has 1 aromatic carbocycles. The number of aliphatic carboxylic acids is 1. The molecule has 0 heterocycles. The Balaban J connectivity index is 2.41. The molecular weight excluding hydrogens is 230 g/mol. The smallest absolute Gasteiger partial charge is 0.317 e. The van der Waals surface area contributed by atoms with Crippen LogP contribution in [0, 0.1) is 6.92 Å². The van der Waals surface area contributed by atoms with Crippen LogP contribution in [-0.4, -0.2) is 41.7 Å². The van der Waals surface area contributed by atoms with Crippen molar-refractivity contribution in [3.8, 4) is 5.75 Å². The molecule has 18 heavy (non-hydrogen) atoms. The molecular formula is C14H21NO3. The molecule has 1 aromatic rings. The Morgan fingerprint density at radius 3 is 2.72 bits per heavy atom. The fourth-order valence-electron chi connectivity index (χ4n) is 1.68. The van der Waals surface area contributed by atoms with Crippen molar-refractivity contribution in [2.75, 3.05) is 19.7 Å². The van der Waals surface area contributed by atoms with Gasteiger partial charge in [0.25, 0.3) is 0 Å². The Bertz CT molecular complexity index is 390. The van der Waals surface area contributed by atoms with E-state index in [0.717, 1.165) is 11.3 Å². The molecule has 0 radical (unpaired) electrons. The van der Waals surface area contributed by atoms with E-state index in [9.17, 15) is 4.79 Å². The van der Waals surface area contributed by atoms with Crippen molar-refractivity contribution in [3.63, 3.8) is 0 Å². The van der Waals surface area contributed by atoms with E-state index in [2.05, 4.69) is 0 Å². The van der Waals surface area contributed by atoms with Crippen LogP contribution in [-0.2, 0) is 4.79 Å². The minimum absolute atomic E-state index is 0.0504. The number of hydrogen-bond acceptors (Lipinski definition) is 3. The highest BCUT2D eigenvalue weighted by Gasteiger charge is 2.12. The summed E-state index contributed by atoms with van der Waals surface area (Å²) in [5.74, 6) is 0.0216. The lowest BCUT2D eigenvalue weighted by atomic mass is 10.2. The molecule has 0 aliphatic carbocycles. The molecule has 0 aromatic heterocycles. The van der Waals surface area contributed by atoms with Gasteiger partial charge in [-0.2, -0.15) is 0 Å². The van der Waals surface area contributed by atoms with E-state index in [-0.39, 0.29) is 12.6 Å². The summed E-state index contributed by atoms with van der Waals surface area (Å²) in [7, 11) is 0. The molecule has 0 amide bonds. The molecule has 0 saturated carbocycles. The van der Waals surface area contributed by atoms with Crippen molar-refractivity contribution >= 4 is 5.97 Å². The van der Waals surface area contributed by atoms with E-state index in [1.807, 2.05) is 49.9 Å². The molecule has 1 N–H and O–H groups in total. The second-order valence-corrected chi connectivity index (χ2v) is 4.62. The van der Waals surface area contributed by atoms with Gasteiger partial charge in [0.15, 0.2) is 0 Å². The minimum atomic E-state index is -0.806. The monoisotopic (exact) mass is 251 g/mol. The Morgan fingerprint density at radius 2 is 2.17 bits per heavy atom. The van der Waals surface area contributed by atoms with Crippen LogP contribution in [0.5, 0.6) is 5.75 Å². The van der Waals surface area contributed by atoms with Gasteiger partial charge in [-0.05, 0) is 38.5 Å². The van der Waals surface area contributed by atoms with Crippen molar-refractivity contribution in [1.82, 2.24) is 4.90 Å². The summed E-state index contributed by atoms with van der Waals surface area (Å²) < 4.78 is 5.61. The van der Waals surface area contributed by atoms with E-state index < -0.39 is 5.97 Å². The van der Waals surface area contributed by atoms with E-state index in [1.165, 1.54) is 0 Å². The van der Waals surface area contributed by atoms with Crippen LogP contribution in [0.3, 0.4) is 0 Å². The van der Waals surface area contributed by atoms with Gasteiger partial charge in [0.2, 0.25) is 0 Å². The zero-order chi connectivity index (χ0) is 13.5. The highest BCUT2D eigenvalue weighted by atomic mass is 16.5. The topological polar surface area (TPSA) is 49.8 Å². The van der Waals surface area contributed by atoms with Crippen molar-refractivity contribution in [2.24, 2.45) is 0 Å². The first kappa shape index (κ1) is 14.5. The van der Waals surface area contributed by atoms with Gasteiger partial charge in [-0.3, -0.25) is 9.69 Å². The summed E-state index contributed by atoms with van der Waals surface area (Å²) in [5, 5.41) is 8.80. The van der Waals surface area contributed by atoms with Crippen molar-refractivity contribution in [2.45, 2.75) is 26.8 Å². The molecule has 0 fully saturated rings. The molecule has 4 nitrogen and oxygen atoms in total. The fourth-order valence-corrected chi connectivity index (χ4v) is 1.68. The first-order chi connectivity index (χ1) is 8.49. The van der Waals surface area contributed by atoms with E-state index in [4.69, 9.17) is 9.84 Å². The number of aryl methyl sites for hydroxylation is 1. The predicted molar refractivity (Wildman–Crippen MR) is 71.0 cm³/mol. The molecule has 100 valence electrons. The number of ether oxygens (including phenoxy) is 1. The Morgan fingerprint density at radius 1 is 1.44 bits per heavy atom.